The van der Waals surface area contributed by atoms with Crippen LogP contribution in [-0.4, -0.2) is 7.11 Å². The van der Waals surface area contributed by atoms with Gasteiger partial charge in [-0.15, -0.1) is 0 Å². The Hall–Kier alpha value is -1.70. The smallest absolute Gasteiger partial charge is 0.169 e. The molecule has 0 N–H and O–H groups in total. The van der Waals surface area contributed by atoms with Crippen LogP contribution in [0.15, 0.2) is 28.7 Å². The minimum atomic E-state index is 0.759. The highest BCUT2D eigenvalue weighted by atomic mass is 16.5. The lowest BCUT2D eigenvalue weighted by Gasteiger charge is -2.06. The van der Waals surface area contributed by atoms with Gasteiger partial charge in [0.25, 0.3) is 0 Å². The second-order valence-corrected chi connectivity index (χ2v) is 3.80. The number of hydrogen-bond donors (Lipinski definition) is 0. The van der Waals surface area contributed by atoms with Crippen LogP contribution in [0.2, 0.25) is 0 Å². The summed E-state index contributed by atoms with van der Waals surface area (Å²) in [7, 11) is 1.67. The van der Waals surface area contributed by atoms with Crippen LogP contribution in [0.25, 0.3) is 17.9 Å². The van der Waals surface area contributed by atoms with Crippen LogP contribution < -0.4 is 0 Å². The zero-order valence-electron chi connectivity index (χ0n) is 11.0. The van der Waals surface area contributed by atoms with Crippen LogP contribution >= 0.6 is 0 Å². The first kappa shape index (κ1) is 13.4. The fraction of sp³-hybridized carbons (Fsp3) is 0.333. The second kappa shape index (κ2) is 6.14. The van der Waals surface area contributed by atoms with Gasteiger partial charge in [-0.3, -0.25) is 0 Å². The third-order valence-electron chi connectivity index (χ3n) is 2.67. The molecule has 2 heteroatoms. The molecule has 17 heavy (non-hydrogen) atoms. The van der Waals surface area contributed by atoms with Crippen molar-refractivity contribution in [2.45, 2.75) is 27.2 Å². The lowest BCUT2D eigenvalue weighted by molar-refractivity contribution is 0.347. The predicted molar refractivity (Wildman–Crippen MR) is 73.4 cm³/mol. The Balaban J connectivity index is 3.28. The molecule has 0 radical (unpaired) electrons. The van der Waals surface area contributed by atoms with Crippen molar-refractivity contribution in [1.82, 2.24) is 0 Å². The standard InChI is InChI=1S/C15H20O2/c1-6-9-12-10-14(17-13(12)8-3)15(16-5)11(4)7-2/h6,8-10H,3,7H2,1-2,4-5H3/b9-6-,15-11-. The Kier molecular flexibility index (Phi) is 4.83. The van der Waals surface area contributed by atoms with E-state index in [2.05, 4.69) is 13.5 Å². The molecule has 1 aromatic heterocycles. The molecule has 92 valence electrons. The van der Waals surface area contributed by atoms with E-state index < -0.39 is 0 Å². The van der Waals surface area contributed by atoms with E-state index in [1.807, 2.05) is 32.1 Å². The van der Waals surface area contributed by atoms with Crippen LogP contribution in [0.5, 0.6) is 0 Å². The van der Waals surface area contributed by atoms with Gasteiger partial charge in [-0.05, 0) is 38.0 Å². The maximum Gasteiger partial charge on any atom is 0.169 e. The number of allylic oxidation sites excluding steroid dienone is 2. The monoisotopic (exact) mass is 232 g/mol. The highest BCUT2D eigenvalue weighted by Gasteiger charge is 2.13. The first-order valence-corrected chi connectivity index (χ1v) is 5.80. The van der Waals surface area contributed by atoms with Crippen molar-refractivity contribution in [3.8, 4) is 0 Å². The summed E-state index contributed by atoms with van der Waals surface area (Å²) in [5, 5.41) is 0. The topological polar surface area (TPSA) is 22.4 Å². The van der Waals surface area contributed by atoms with E-state index in [-0.39, 0.29) is 0 Å². The zero-order valence-corrected chi connectivity index (χ0v) is 11.0. The number of hydrogen-bond acceptors (Lipinski definition) is 2. The minimum absolute atomic E-state index is 0.759. The highest BCUT2D eigenvalue weighted by Crippen LogP contribution is 2.27. The van der Waals surface area contributed by atoms with Crippen molar-refractivity contribution in [3.63, 3.8) is 0 Å². The molecule has 1 aromatic rings. The van der Waals surface area contributed by atoms with Gasteiger partial charge in [-0.2, -0.15) is 0 Å². The molecule has 0 spiro atoms. The highest BCUT2D eigenvalue weighted by molar-refractivity contribution is 5.67. The van der Waals surface area contributed by atoms with Gasteiger partial charge in [0.05, 0.1) is 7.11 Å². The molecule has 0 saturated heterocycles. The summed E-state index contributed by atoms with van der Waals surface area (Å²) in [5.74, 6) is 2.35. The molecule has 0 bridgehead atoms. The van der Waals surface area contributed by atoms with Crippen LogP contribution in [-0.2, 0) is 4.74 Å². The Labute approximate surface area is 103 Å². The summed E-state index contributed by atoms with van der Waals surface area (Å²) in [4.78, 5) is 0. The number of methoxy groups -OCH3 is 1. The molecule has 0 saturated carbocycles. The molecule has 0 amide bonds. The lowest BCUT2D eigenvalue weighted by Crippen LogP contribution is -1.89. The van der Waals surface area contributed by atoms with E-state index in [1.165, 1.54) is 5.57 Å². The van der Waals surface area contributed by atoms with E-state index in [0.29, 0.717) is 0 Å². The average molecular weight is 232 g/mol. The fourth-order valence-electron chi connectivity index (χ4n) is 1.65. The molecular formula is C15H20O2. The van der Waals surface area contributed by atoms with Crippen molar-refractivity contribution in [2.24, 2.45) is 0 Å². The summed E-state index contributed by atoms with van der Waals surface area (Å²) in [6, 6.07) is 1.98. The minimum Gasteiger partial charge on any atom is -0.493 e. The normalized spacial score (nSPS) is 12.7. The van der Waals surface area contributed by atoms with E-state index in [0.717, 1.165) is 29.3 Å². The molecule has 0 aromatic carbocycles. The molecule has 0 aliphatic carbocycles. The Morgan fingerprint density at radius 1 is 1.53 bits per heavy atom. The van der Waals surface area contributed by atoms with Crippen molar-refractivity contribution < 1.29 is 9.15 Å². The van der Waals surface area contributed by atoms with E-state index in [1.54, 1.807) is 13.2 Å². The number of rotatable bonds is 5. The van der Waals surface area contributed by atoms with Crippen LogP contribution in [0.4, 0.5) is 0 Å². The van der Waals surface area contributed by atoms with Crippen molar-refractivity contribution in [1.29, 1.82) is 0 Å². The van der Waals surface area contributed by atoms with E-state index in [9.17, 15) is 0 Å². The summed E-state index contributed by atoms with van der Waals surface area (Å²) in [6.45, 7) is 9.87. The first-order valence-electron chi connectivity index (χ1n) is 5.80. The summed E-state index contributed by atoms with van der Waals surface area (Å²) < 4.78 is 11.1. The summed E-state index contributed by atoms with van der Waals surface area (Å²) in [5.41, 5.74) is 2.19. The van der Waals surface area contributed by atoms with Crippen LogP contribution in [0.1, 0.15) is 44.3 Å². The molecule has 0 aliphatic rings. The quantitative estimate of drug-likeness (QED) is 0.684. The van der Waals surface area contributed by atoms with Crippen molar-refractivity contribution in [3.05, 3.63) is 41.4 Å². The molecule has 1 rings (SSSR count). The van der Waals surface area contributed by atoms with Crippen molar-refractivity contribution >= 4 is 17.9 Å². The van der Waals surface area contributed by atoms with Gasteiger partial charge >= 0.3 is 0 Å². The Morgan fingerprint density at radius 2 is 2.24 bits per heavy atom. The predicted octanol–water partition coefficient (Wildman–Crippen LogP) is 4.74. The Bertz CT molecular complexity index is 447. The molecule has 0 fully saturated rings. The molecule has 2 nitrogen and oxygen atoms in total. The van der Waals surface area contributed by atoms with Crippen LogP contribution in [0.3, 0.4) is 0 Å². The molecule has 1 heterocycles. The second-order valence-electron chi connectivity index (χ2n) is 3.80. The number of ether oxygens (including phenoxy) is 1. The van der Waals surface area contributed by atoms with Gasteiger partial charge in [0.2, 0.25) is 0 Å². The maximum absolute atomic E-state index is 5.74. The summed E-state index contributed by atoms with van der Waals surface area (Å²) >= 11 is 0. The Morgan fingerprint density at radius 3 is 2.71 bits per heavy atom. The van der Waals surface area contributed by atoms with Crippen LogP contribution in [0, 0.1) is 0 Å². The van der Waals surface area contributed by atoms with Gasteiger partial charge in [0, 0.05) is 5.56 Å². The van der Waals surface area contributed by atoms with Crippen molar-refractivity contribution in [2.75, 3.05) is 7.11 Å². The maximum atomic E-state index is 5.74. The fourth-order valence-corrected chi connectivity index (χ4v) is 1.65. The van der Waals surface area contributed by atoms with Gasteiger partial charge in [-0.1, -0.05) is 25.7 Å². The molecule has 0 aliphatic heterocycles. The van der Waals surface area contributed by atoms with E-state index in [4.69, 9.17) is 9.15 Å². The molecule has 0 unspecified atom stereocenters. The largest absolute Gasteiger partial charge is 0.493 e. The van der Waals surface area contributed by atoms with E-state index >= 15 is 0 Å². The molecule has 0 atom stereocenters. The first-order chi connectivity index (χ1) is 8.17. The van der Waals surface area contributed by atoms with Gasteiger partial charge in [0.1, 0.15) is 5.76 Å². The lowest BCUT2D eigenvalue weighted by atomic mass is 10.1. The average Bonchev–Trinajstić information content (AvgIpc) is 2.73. The SMILES string of the molecule is C=Cc1oc(/C(OC)=C(\C)CC)cc1/C=C\C. The van der Waals surface area contributed by atoms with Gasteiger partial charge in [0.15, 0.2) is 11.5 Å². The zero-order chi connectivity index (χ0) is 12.8. The summed E-state index contributed by atoms with van der Waals surface area (Å²) in [6.07, 6.45) is 6.63. The molecular weight excluding hydrogens is 212 g/mol. The van der Waals surface area contributed by atoms with Gasteiger partial charge in [-0.25, -0.2) is 0 Å². The third kappa shape index (κ3) is 2.90. The third-order valence-corrected chi connectivity index (χ3v) is 2.67. The van der Waals surface area contributed by atoms with Gasteiger partial charge < -0.3 is 9.15 Å². The number of furan rings is 1.